The van der Waals surface area contributed by atoms with Crippen LogP contribution in [0.5, 0.6) is 0 Å². The Labute approximate surface area is 95.5 Å². The lowest BCUT2D eigenvalue weighted by Gasteiger charge is -2.17. The van der Waals surface area contributed by atoms with Crippen molar-refractivity contribution in [3.05, 3.63) is 24.3 Å². The summed E-state index contributed by atoms with van der Waals surface area (Å²) >= 11 is 0. The van der Waals surface area contributed by atoms with E-state index < -0.39 is 0 Å². The second-order valence-corrected chi connectivity index (χ2v) is 4.15. The molecule has 1 aromatic heterocycles. The van der Waals surface area contributed by atoms with Crippen molar-refractivity contribution in [2.75, 3.05) is 38.0 Å². The van der Waals surface area contributed by atoms with Crippen LogP contribution >= 0.6 is 0 Å². The smallest absolute Gasteiger partial charge is 0.227 e. The quantitative estimate of drug-likeness (QED) is 0.765. The number of hydrogen-bond donors (Lipinski definition) is 0. The molecular formula is C12H16N4. The third-order valence-electron chi connectivity index (χ3n) is 2.39. The second kappa shape index (κ2) is 3.96. The zero-order valence-corrected chi connectivity index (χ0v) is 10.1. The van der Waals surface area contributed by atoms with Gasteiger partial charge in [-0.1, -0.05) is 12.1 Å². The molecule has 0 saturated carbocycles. The topological polar surface area (TPSA) is 32.3 Å². The van der Waals surface area contributed by atoms with Gasteiger partial charge in [0, 0.05) is 33.6 Å². The third kappa shape index (κ3) is 1.78. The fraction of sp³-hybridized carbons (Fsp3) is 0.333. The van der Waals surface area contributed by atoms with Crippen LogP contribution in [0.25, 0.3) is 10.9 Å². The van der Waals surface area contributed by atoms with Crippen LogP contribution in [0, 0.1) is 0 Å². The lowest BCUT2D eigenvalue weighted by atomic mass is 10.2. The van der Waals surface area contributed by atoms with Crippen LogP contribution in [0.1, 0.15) is 0 Å². The molecule has 0 unspecified atom stereocenters. The minimum Gasteiger partial charge on any atom is -0.362 e. The molecule has 4 nitrogen and oxygen atoms in total. The fourth-order valence-corrected chi connectivity index (χ4v) is 1.59. The highest BCUT2D eigenvalue weighted by Crippen LogP contribution is 2.24. The lowest BCUT2D eigenvalue weighted by molar-refractivity contribution is 0.988. The van der Waals surface area contributed by atoms with Crippen molar-refractivity contribution >= 4 is 22.7 Å². The average molecular weight is 216 g/mol. The van der Waals surface area contributed by atoms with E-state index in [1.807, 2.05) is 62.3 Å². The van der Waals surface area contributed by atoms with E-state index in [-0.39, 0.29) is 0 Å². The zero-order chi connectivity index (χ0) is 11.7. The zero-order valence-electron chi connectivity index (χ0n) is 10.1. The number of aromatic nitrogens is 2. The highest BCUT2D eigenvalue weighted by atomic mass is 15.3. The molecule has 0 amide bonds. The summed E-state index contributed by atoms with van der Waals surface area (Å²) in [5.74, 6) is 1.69. The molecule has 16 heavy (non-hydrogen) atoms. The maximum Gasteiger partial charge on any atom is 0.227 e. The van der Waals surface area contributed by atoms with Crippen molar-refractivity contribution in [1.82, 2.24) is 9.97 Å². The van der Waals surface area contributed by atoms with E-state index in [1.54, 1.807) is 0 Å². The standard InChI is InChI=1S/C12H16N4/c1-15(2)11-9-7-5-6-8-10(9)13-12(14-11)16(3)4/h5-8H,1-4H3. The summed E-state index contributed by atoms with van der Waals surface area (Å²) in [6.45, 7) is 0. The second-order valence-electron chi connectivity index (χ2n) is 4.15. The number of benzene rings is 1. The van der Waals surface area contributed by atoms with Crippen LogP contribution in [0.2, 0.25) is 0 Å². The number of hydrogen-bond acceptors (Lipinski definition) is 4. The summed E-state index contributed by atoms with van der Waals surface area (Å²) in [6, 6.07) is 8.06. The Morgan fingerprint density at radius 1 is 0.875 bits per heavy atom. The van der Waals surface area contributed by atoms with Gasteiger partial charge >= 0.3 is 0 Å². The summed E-state index contributed by atoms with van der Waals surface area (Å²) in [5.41, 5.74) is 0.977. The van der Waals surface area contributed by atoms with Crippen molar-refractivity contribution in [2.45, 2.75) is 0 Å². The number of para-hydroxylation sites is 1. The molecule has 84 valence electrons. The first-order valence-electron chi connectivity index (χ1n) is 5.21. The third-order valence-corrected chi connectivity index (χ3v) is 2.39. The van der Waals surface area contributed by atoms with Gasteiger partial charge in [0.25, 0.3) is 0 Å². The van der Waals surface area contributed by atoms with Crippen LogP contribution in [0.15, 0.2) is 24.3 Å². The maximum absolute atomic E-state index is 4.54. The molecule has 0 fully saturated rings. The Hall–Kier alpha value is -1.84. The number of nitrogens with zero attached hydrogens (tertiary/aromatic N) is 4. The molecule has 2 aromatic rings. The van der Waals surface area contributed by atoms with Crippen molar-refractivity contribution < 1.29 is 0 Å². The molecule has 2 rings (SSSR count). The predicted molar refractivity (Wildman–Crippen MR) is 68.2 cm³/mol. The van der Waals surface area contributed by atoms with Crippen LogP contribution in [0.3, 0.4) is 0 Å². The Bertz CT molecular complexity index is 505. The van der Waals surface area contributed by atoms with Gasteiger partial charge in [0.05, 0.1) is 5.52 Å². The largest absolute Gasteiger partial charge is 0.362 e. The highest BCUT2D eigenvalue weighted by Gasteiger charge is 2.09. The Kier molecular flexibility index (Phi) is 2.64. The minimum absolute atomic E-state index is 0.738. The molecule has 0 spiro atoms. The van der Waals surface area contributed by atoms with E-state index in [0.717, 1.165) is 22.7 Å². The van der Waals surface area contributed by atoms with E-state index in [9.17, 15) is 0 Å². The molecule has 0 aliphatic heterocycles. The molecule has 0 saturated heterocycles. The minimum atomic E-state index is 0.738. The van der Waals surface area contributed by atoms with Gasteiger partial charge in [-0.3, -0.25) is 0 Å². The van der Waals surface area contributed by atoms with Crippen LogP contribution in [-0.2, 0) is 0 Å². The molecule has 0 aliphatic rings. The van der Waals surface area contributed by atoms with Gasteiger partial charge in [-0.2, -0.15) is 4.98 Å². The highest BCUT2D eigenvalue weighted by molar-refractivity contribution is 5.90. The van der Waals surface area contributed by atoms with Gasteiger partial charge < -0.3 is 9.80 Å². The van der Waals surface area contributed by atoms with Gasteiger partial charge in [0.15, 0.2) is 0 Å². The molecule has 0 atom stereocenters. The number of rotatable bonds is 2. The van der Waals surface area contributed by atoms with E-state index in [2.05, 4.69) is 9.97 Å². The molecule has 0 N–H and O–H groups in total. The van der Waals surface area contributed by atoms with Crippen molar-refractivity contribution in [3.8, 4) is 0 Å². The van der Waals surface area contributed by atoms with Crippen molar-refractivity contribution in [3.63, 3.8) is 0 Å². The van der Waals surface area contributed by atoms with Gasteiger partial charge in [-0.05, 0) is 12.1 Å². The van der Waals surface area contributed by atoms with Gasteiger partial charge in [0.2, 0.25) is 5.95 Å². The first-order valence-corrected chi connectivity index (χ1v) is 5.21. The van der Waals surface area contributed by atoms with E-state index >= 15 is 0 Å². The molecule has 1 aromatic carbocycles. The van der Waals surface area contributed by atoms with E-state index in [4.69, 9.17) is 0 Å². The molecule has 1 heterocycles. The monoisotopic (exact) mass is 216 g/mol. The Morgan fingerprint density at radius 3 is 2.19 bits per heavy atom. The molecule has 4 heteroatoms. The van der Waals surface area contributed by atoms with Crippen LogP contribution in [0.4, 0.5) is 11.8 Å². The van der Waals surface area contributed by atoms with Crippen molar-refractivity contribution in [2.24, 2.45) is 0 Å². The normalized spacial score (nSPS) is 10.5. The van der Waals surface area contributed by atoms with Crippen LogP contribution < -0.4 is 9.80 Å². The first kappa shape index (κ1) is 10.7. The molecule has 0 bridgehead atoms. The Morgan fingerprint density at radius 2 is 1.56 bits per heavy atom. The summed E-state index contributed by atoms with van der Waals surface area (Å²) in [7, 11) is 7.88. The number of fused-ring (bicyclic) bond motifs is 1. The van der Waals surface area contributed by atoms with Gasteiger partial charge in [-0.25, -0.2) is 4.98 Å². The SMILES string of the molecule is CN(C)c1nc(N(C)C)c2ccccc2n1. The maximum atomic E-state index is 4.54. The number of anilines is 2. The van der Waals surface area contributed by atoms with Gasteiger partial charge in [0.1, 0.15) is 5.82 Å². The fourth-order valence-electron chi connectivity index (χ4n) is 1.59. The summed E-state index contributed by atoms with van der Waals surface area (Å²) in [6.07, 6.45) is 0. The van der Waals surface area contributed by atoms with Gasteiger partial charge in [-0.15, -0.1) is 0 Å². The summed E-state index contributed by atoms with van der Waals surface area (Å²) in [4.78, 5) is 13.0. The van der Waals surface area contributed by atoms with E-state index in [1.165, 1.54) is 0 Å². The predicted octanol–water partition coefficient (Wildman–Crippen LogP) is 1.76. The molecule has 0 aliphatic carbocycles. The summed E-state index contributed by atoms with van der Waals surface area (Å²) in [5, 5.41) is 1.08. The summed E-state index contributed by atoms with van der Waals surface area (Å²) < 4.78 is 0. The average Bonchev–Trinajstić information content (AvgIpc) is 2.27. The molecular weight excluding hydrogens is 200 g/mol. The van der Waals surface area contributed by atoms with Crippen LogP contribution in [-0.4, -0.2) is 38.2 Å². The first-order chi connectivity index (χ1) is 7.59. The molecule has 0 radical (unpaired) electrons. The Balaban J connectivity index is 2.74. The lowest BCUT2D eigenvalue weighted by Crippen LogP contribution is -2.17. The van der Waals surface area contributed by atoms with Crippen molar-refractivity contribution in [1.29, 1.82) is 0 Å². The van der Waals surface area contributed by atoms with E-state index in [0.29, 0.717) is 0 Å².